The van der Waals surface area contributed by atoms with E-state index in [1.165, 1.54) is 22.3 Å². The molecule has 8 aromatic carbocycles. The molecule has 1 aliphatic rings. The lowest BCUT2D eigenvalue weighted by Gasteiger charge is -2.21. The van der Waals surface area contributed by atoms with E-state index in [9.17, 15) is 0 Å². The van der Waals surface area contributed by atoms with Crippen LogP contribution in [0.15, 0.2) is 186 Å². The van der Waals surface area contributed by atoms with E-state index in [1.807, 2.05) is 12.1 Å². The fourth-order valence-corrected chi connectivity index (χ4v) is 8.93. The van der Waals surface area contributed by atoms with Crippen molar-refractivity contribution in [1.82, 2.24) is 9.97 Å². The van der Waals surface area contributed by atoms with Gasteiger partial charge < -0.3 is 4.42 Å². The second-order valence-corrected chi connectivity index (χ2v) is 15.3. The molecule has 0 atom stereocenters. The van der Waals surface area contributed by atoms with Crippen LogP contribution in [0, 0.1) is 0 Å². The molecule has 0 saturated heterocycles. The highest BCUT2D eigenvalue weighted by molar-refractivity contribution is 6.19. The van der Waals surface area contributed by atoms with Crippen LogP contribution in [0.2, 0.25) is 0 Å². The third-order valence-electron chi connectivity index (χ3n) is 11.7. The van der Waals surface area contributed by atoms with E-state index in [0.717, 1.165) is 83.0 Å². The van der Waals surface area contributed by atoms with E-state index in [0.29, 0.717) is 5.82 Å². The zero-order valence-corrected chi connectivity index (χ0v) is 31.1. The van der Waals surface area contributed by atoms with Crippen molar-refractivity contribution in [1.29, 1.82) is 0 Å². The molecule has 0 spiro atoms. The van der Waals surface area contributed by atoms with Gasteiger partial charge in [0.05, 0.1) is 11.4 Å². The number of benzene rings is 8. The van der Waals surface area contributed by atoms with Crippen LogP contribution < -0.4 is 0 Å². The van der Waals surface area contributed by atoms with Gasteiger partial charge >= 0.3 is 0 Å². The van der Waals surface area contributed by atoms with Gasteiger partial charge in [-0.1, -0.05) is 159 Å². The third-order valence-corrected chi connectivity index (χ3v) is 11.7. The van der Waals surface area contributed by atoms with Crippen molar-refractivity contribution < 1.29 is 4.42 Å². The Morgan fingerprint density at radius 2 is 1.00 bits per heavy atom. The first-order valence-corrected chi connectivity index (χ1v) is 19.2. The number of para-hydroxylation sites is 1. The molecule has 56 heavy (non-hydrogen) atoms. The lowest BCUT2D eigenvalue weighted by atomic mass is 9.82. The molecule has 3 heteroatoms. The number of fused-ring (bicyclic) bond motifs is 8. The molecular formula is C53H36N2O. The zero-order valence-electron chi connectivity index (χ0n) is 31.1. The van der Waals surface area contributed by atoms with Crippen molar-refractivity contribution in [2.24, 2.45) is 0 Å². The van der Waals surface area contributed by atoms with Crippen LogP contribution in [0.4, 0.5) is 0 Å². The fraction of sp³-hybridized carbons (Fsp3) is 0.0566. The topological polar surface area (TPSA) is 38.9 Å². The van der Waals surface area contributed by atoms with Gasteiger partial charge in [-0.15, -0.1) is 0 Å². The second kappa shape index (κ2) is 12.5. The van der Waals surface area contributed by atoms with E-state index in [4.69, 9.17) is 14.4 Å². The van der Waals surface area contributed by atoms with Gasteiger partial charge in [0.1, 0.15) is 11.2 Å². The minimum absolute atomic E-state index is 0.122. The summed E-state index contributed by atoms with van der Waals surface area (Å²) in [5, 5.41) is 4.46. The third kappa shape index (κ3) is 5.05. The number of rotatable bonds is 5. The number of furan rings is 1. The van der Waals surface area contributed by atoms with Crippen molar-refractivity contribution in [3.8, 4) is 67.3 Å². The standard InChI is InChI=1S/C53H36N2O/c1-53(2)45-25-13-11-23-41(45)50-42(24-15-26-46(50)53)48-32-47(54-52(55-48)34-18-7-4-8-19-34)37-29-35(33-16-5-3-6-17-33)28-36(30-37)43-31-44-39-21-12-14-27-49(39)56-51(44)40-22-10-9-20-38(40)43/h3-32H,1-2H3. The Bertz CT molecular complexity index is 3160. The Balaban J connectivity index is 1.19. The summed E-state index contributed by atoms with van der Waals surface area (Å²) in [6.45, 7) is 4.65. The maximum atomic E-state index is 6.50. The molecule has 0 aliphatic heterocycles. The van der Waals surface area contributed by atoms with E-state index in [-0.39, 0.29) is 5.41 Å². The van der Waals surface area contributed by atoms with Gasteiger partial charge in [0, 0.05) is 38.3 Å². The molecule has 0 amide bonds. The highest BCUT2D eigenvalue weighted by atomic mass is 16.3. The Labute approximate surface area is 325 Å². The van der Waals surface area contributed by atoms with E-state index < -0.39 is 0 Å². The van der Waals surface area contributed by atoms with Crippen molar-refractivity contribution in [3.05, 3.63) is 193 Å². The maximum absolute atomic E-state index is 6.50. The molecule has 0 fully saturated rings. The van der Waals surface area contributed by atoms with Gasteiger partial charge in [-0.25, -0.2) is 9.97 Å². The number of hydrogen-bond acceptors (Lipinski definition) is 3. The Kier molecular flexibility index (Phi) is 7.20. The quantitative estimate of drug-likeness (QED) is 0.178. The minimum Gasteiger partial charge on any atom is -0.455 e. The van der Waals surface area contributed by atoms with Crippen LogP contribution in [0.25, 0.3) is 100.0 Å². The van der Waals surface area contributed by atoms with Gasteiger partial charge in [-0.2, -0.15) is 0 Å². The molecule has 0 N–H and O–H groups in total. The van der Waals surface area contributed by atoms with Crippen LogP contribution in [0.1, 0.15) is 25.0 Å². The molecule has 11 rings (SSSR count). The first kappa shape index (κ1) is 32.3. The molecule has 0 saturated carbocycles. The molecule has 264 valence electrons. The molecule has 2 heterocycles. The van der Waals surface area contributed by atoms with E-state index in [2.05, 4.69) is 184 Å². The summed E-state index contributed by atoms with van der Waals surface area (Å²) < 4.78 is 6.50. The first-order valence-electron chi connectivity index (χ1n) is 19.2. The number of aromatic nitrogens is 2. The molecule has 3 nitrogen and oxygen atoms in total. The summed E-state index contributed by atoms with van der Waals surface area (Å²) in [6, 6.07) is 64.8. The number of nitrogens with zero attached hydrogens (tertiary/aromatic N) is 2. The summed E-state index contributed by atoms with van der Waals surface area (Å²) in [7, 11) is 0. The Morgan fingerprint density at radius 3 is 1.82 bits per heavy atom. The smallest absolute Gasteiger partial charge is 0.160 e. The van der Waals surface area contributed by atoms with Gasteiger partial charge in [0.2, 0.25) is 0 Å². The van der Waals surface area contributed by atoms with Gasteiger partial charge in [0.25, 0.3) is 0 Å². The highest BCUT2D eigenvalue weighted by Crippen LogP contribution is 2.52. The number of hydrogen-bond donors (Lipinski definition) is 0. The van der Waals surface area contributed by atoms with Crippen LogP contribution in [-0.2, 0) is 5.41 Å². The summed E-state index contributed by atoms with van der Waals surface area (Å²) in [5.74, 6) is 0.699. The van der Waals surface area contributed by atoms with Crippen molar-refractivity contribution in [2.45, 2.75) is 19.3 Å². The van der Waals surface area contributed by atoms with E-state index >= 15 is 0 Å². The highest BCUT2D eigenvalue weighted by Gasteiger charge is 2.36. The molecule has 2 aromatic heterocycles. The molecule has 0 radical (unpaired) electrons. The van der Waals surface area contributed by atoms with Crippen LogP contribution in [0.5, 0.6) is 0 Å². The summed E-state index contributed by atoms with van der Waals surface area (Å²) >= 11 is 0. The summed E-state index contributed by atoms with van der Waals surface area (Å²) in [6.07, 6.45) is 0. The molecule has 0 unspecified atom stereocenters. The average molecular weight is 717 g/mol. The Hall–Kier alpha value is -7.10. The SMILES string of the molecule is CC1(C)c2ccccc2-c2c(-c3cc(-c4cc(-c5ccccc5)cc(-c5cc6c7ccccc7oc6c6ccccc56)c4)nc(-c4ccccc4)n3)cccc21. The Morgan fingerprint density at radius 1 is 0.393 bits per heavy atom. The molecule has 1 aliphatic carbocycles. The minimum atomic E-state index is -0.122. The summed E-state index contributed by atoms with van der Waals surface area (Å²) in [4.78, 5) is 10.7. The van der Waals surface area contributed by atoms with Crippen LogP contribution in [0.3, 0.4) is 0 Å². The molecular weight excluding hydrogens is 681 g/mol. The van der Waals surface area contributed by atoms with Crippen molar-refractivity contribution in [3.63, 3.8) is 0 Å². The lowest BCUT2D eigenvalue weighted by Crippen LogP contribution is -2.14. The zero-order chi connectivity index (χ0) is 37.4. The van der Waals surface area contributed by atoms with E-state index in [1.54, 1.807) is 0 Å². The first-order chi connectivity index (χ1) is 27.5. The largest absolute Gasteiger partial charge is 0.455 e. The predicted octanol–water partition coefficient (Wildman–Crippen LogP) is 14.2. The lowest BCUT2D eigenvalue weighted by molar-refractivity contribution is 0.660. The van der Waals surface area contributed by atoms with Gasteiger partial charge in [-0.05, 0) is 86.3 Å². The fourth-order valence-electron chi connectivity index (χ4n) is 8.93. The van der Waals surface area contributed by atoms with Crippen LogP contribution >= 0.6 is 0 Å². The summed E-state index contributed by atoms with van der Waals surface area (Å²) in [5.41, 5.74) is 16.3. The predicted molar refractivity (Wildman–Crippen MR) is 232 cm³/mol. The normalized spacial score (nSPS) is 13.0. The van der Waals surface area contributed by atoms with Crippen LogP contribution in [-0.4, -0.2) is 9.97 Å². The molecule has 10 aromatic rings. The monoisotopic (exact) mass is 716 g/mol. The van der Waals surface area contributed by atoms with Gasteiger partial charge in [0.15, 0.2) is 5.82 Å². The van der Waals surface area contributed by atoms with Crippen molar-refractivity contribution in [2.75, 3.05) is 0 Å². The second-order valence-electron chi connectivity index (χ2n) is 15.3. The maximum Gasteiger partial charge on any atom is 0.160 e. The van der Waals surface area contributed by atoms with Crippen molar-refractivity contribution >= 4 is 32.7 Å². The molecule has 0 bridgehead atoms. The average Bonchev–Trinajstić information content (AvgIpc) is 3.76. The van der Waals surface area contributed by atoms with Gasteiger partial charge in [-0.3, -0.25) is 0 Å².